The molecular formula is C18H15N5OS. The van der Waals surface area contributed by atoms with Crippen molar-refractivity contribution in [3.8, 4) is 0 Å². The Bertz CT molecular complexity index is 976. The van der Waals surface area contributed by atoms with Crippen molar-refractivity contribution in [3.63, 3.8) is 0 Å². The molecule has 2 N–H and O–H groups in total. The standard InChI is InChI=1S/C18H15N5OS/c24-18(22-13-9-19-20-10-13)15-5-1-2-6-16(15)25-12-14-11-23-8-4-3-7-17(23)21-14/h1-11H,12H2,(H,19,20)(H,22,24). The molecule has 124 valence electrons. The van der Waals surface area contributed by atoms with Gasteiger partial charge in [0.05, 0.1) is 23.1 Å². The lowest BCUT2D eigenvalue weighted by molar-refractivity contribution is 0.102. The van der Waals surface area contributed by atoms with Crippen molar-refractivity contribution in [2.45, 2.75) is 10.6 Å². The van der Waals surface area contributed by atoms with Crippen LogP contribution in [-0.4, -0.2) is 25.5 Å². The Kier molecular flexibility index (Phi) is 4.22. The van der Waals surface area contributed by atoms with Gasteiger partial charge in [-0.1, -0.05) is 18.2 Å². The molecule has 6 nitrogen and oxygen atoms in total. The highest BCUT2D eigenvalue weighted by Crippen LogP contribution is 2.26. The van der Waals surface area contributed by atoms with Crippen molar-refractivity contribution >= 4 is 29.0 Å². The van der Waals surface area contributed by atoms with E-state index in [1.807, 2.05) is 59.3 Å². The molecule has 0 saturated carbocycles. The number of fused-ring (bicyclic) bond motifs is 1. The highest BCUT2D eigenvalue weighted by atomic mass is 32.2. The van der Waals surface area contributed by atoms with Gasteiger partial charge in [0.25, 0.3) is 5.91 Å². The number of rotatable bonds is 5. The number of thioether (sulfide) groups is 1. The summed E-state index contributed by atoms with van der Waals surface area (Å²) in [6.45, 7) is 0. The molecule has 4 aromatic rings. The first kappa shape index (κ1) is 15.5. The predicted molar refractivity (Wildman–Crippen MR) is 97.7 cm³/mol. The number of carbonyl (C=O) groups is 1. The summed E-state index contributed by atoms with van der Waals surface area (Å²) in [6.07, 6.45) is 7.20. The van der Waals surface area contributed by atoms with Gasteiger partial charge in [-0.25, -0.2) is 4.98 Å². The molecule has 0 aliphatic rings. The van der Waals surface area contributed by atoms with E-state index in [9.17, 15) is 4.79 Å². The second-order valence-electron chi connectivity index (χ2n) is 5.42. The lowest BCUT2D eigenvalue weighted by Gasteiger charge is -2.08. The van der Waals surface area contributed by atoms with E-state index in [4.69, 9.17) is 0 Å². The molecule has 25 heavy (non-hydrogen) atoms. The number of imidazole rings is 1. The molecule has 0 aliphatic carbocycles. The number of H-pyrrole nitrogens is 1. The molecule has 3 heterocycles. The molecule has 0 fully saturated rings. The Hall–Kier alpha value is -3.06. The third kappa shape index (κ3) is 3.41. The zero-order valence-electron chi connectivity index (χ0n) is 13.2. The quantitative estimate of drug-likeness (QED) is 0.540. The van der Waals surface area contributed by atoms with E-state index in [1.54, 1.807) is 24.2 Å². The molecule has 0 aliphatic heterocycles. The molecule has 0 saturated heterocycles. The number of pyridine rings is 1. The number of anilines is 1. The van der Waals surface area contributed by atoms with Gasteiger partial charge in [-0.3, -0.25) is 9.89 Å². The third-order valence-electron chi connectivity index (χ3n) is 3.68. The largest absolute Gasteiger partial charge is 0.319 e. The Morgan fingerprint density at radius 1 is 1.20 bits per heavy atom. The van der Waals surface area contributed by atoms with Crippen molar-refractivity contribution in [2.75, 3.05) is 5.32 Å². The molecule has 1 amide bonds. The van der Waals surface area contributed by atoms with Gasteiger partial charge in [-0.2, -0.15) is 5.10 Å². The number of aromatic nitrogens is 4. The van der Waals surface area contributed by atoms with Crippen molar-refractivity contribution in [1.29, 1.82) is 0 Å². The van der Waals surface area contributed by atoms with Crippen LogP contribution in [0.1, 0.15) is 16.1 Å². The highest BCUT2D eigenvalue weighted by Gasteiger charge is 2.13. The average molecular weight is 349 g/mol. The number of amides is 1. The molecule has 0 radical (unpaired) electrons. The van der Waals surface area contributed by atoms with Gasteiger partial charge in [-0.15, -0.1) is 11.8 Å². The van der Waals surface area contributed by atoms with Gasteiger partial charge < -0.3 is 9.72 Å². The topological polar surface area (TPSA) is 75.1 Å². The number of nitrogens with one attached hydrogen (secondary N) is 2. The van der Waals surface area contributed by atoms with Gasteiger partial charge in [0.1, 0.15) is 5.65 Å². The van der Waals surface area contributed by atoms with Gasteiger partial charge in [0.15, 0.2) is 0 Å². The van der Waals surface area contributed by atoms with E-state index < -0.39 is 0 Å². The zero-order chi connectivity index (χ0) is 17.1. The summed E-state index contributed by atoms with van der Waals surface area (Å²) in [5.74, 6) is 0.539. The van der Waals surface area contributed by atoms with E-state index in [0.717, 1.165) is 16.2 Å². The van der Waals surface area contributed by atoms with Crippen LogP contribution >= 0.6 is 11.8 Å². The van der Waals surface area contributed by atoms with Gasteiger partial charge >= 0.3 is 0 Å². The van der Waals surface area contributed by atoms with Gasteiger partial charge in [0, 0.05) is 29.2 Å². The fourth-order valence-corrected chi connectivity index (χ4v) is 3.44. The third-order valence-corrected chi connectivity index (χ3v) is 4.78. The Balaban J connectivity index is 1.51. The summed E-state index contributed by atoms with van der Waals surface area (Å²) in [5, 5.41) is 9.35. The van der Waals surface area contributed by atoms with Crippen LogP contribution in [0.3, 0.4) is 0 Å². The average Bonchev–Trinajstić information content (AvgIpc) is 3.29. The SMILES string of the molecule is O=C(Nc1cn[nH]c1)c1ccccc1SCc1cn2ccccc2n1. The zero-order valence-corrected chi connectivity index (χ0v) is 14.0. The number of benzene rings is 1. The van der Waals surface area contributed by atoms with Crippen molar-refractivity contribution in [2.24, 2.45) is 0 Å². The molecule has 0 bridgehead atoms. The van der Waals surface area contributed by atoms with E-state index in [2.05, 4.69) is 20.5 Å². The first-order valence-electron chi connectivity index (χ1n) is 7.74. The van der Waals surface area contributed by atoms with Crippen LogP contribution in [0, 0.1) is 0 Å². The smallest absolute Gasteiger partial charge is 0.256 e. The highest BCUT2D eigenvalue weighted by molar-refractivity contribution is 7.98. The van der Waals surface area contributed by atoms with E-state index in [0.29, 0.717) is 17.0 Å². The van der Waals surface area contributed by atoms with Crippen molar-refractivity contribution in [3.05, 3.63) is 78.5 Å². The van der Waals surface area contributed by atoms with E-state index in [1.165, 1.54) is 0 Å². The predicted octanol–water partition coefficient (Wildman–Crippen LogP) is 3.60. The van der Waals surface area contributed by atoms with Crippen molar-refractivity contribution in [1.82, 2.24) is 19.6 Å². The van der Waals surface area contributed by atoms with Crippen LogP contribution in [0.15, 0.2) is 72.1 Å². The second kappa shape index (κ2) is 6.82. The molecule has 3 aromatic heterocycles. The molecule has 0 unspecified atom stereocenters. The van der Waals surface area contributed by atoms with Crippen LogP contribution < -0.4 is 5.32 Å². The van der Waals surface area contributed by atoms with Crippen molar-refractivity contribution < 1.29 is 4.79 Å². The lowest BCUT2D eigenvalue weighted by atomic mass is 10.2. The summed E-state index contributed by atoms with van der Waals surface area (Å²) >= 11 is 1.60. The number of hydrogen-bond donors (Lipinski definition) is 2. The van der Waals surface area contributed by atoms with E-state index in [-0.39, 0.29) is 5.91 Å². The van der Waals surface area contributed by atoms with E-state index >= 15 is 0 Å². The summed E-state index contributed by atoms with van der Waals surface area (Å²) < 4.78 is 1.99. The maximum Gasteiger partial charge on any atom is 0.256 e. The number of nitrogens with zero attached hydrogens (tertiary/aromatic N) is 3. The van der Waals surface area contributed by atoms with Crippen LogP contribution in [-0.2, 0) is 5.75 Å². The maximum atomic E-state index is 12.5. The minimum absolute atomic E-state index is 0.153. The lowest BCUT2D eigenvalue weighted by Crippen LogP contribution is -2.12. The molecule has 7 heteroatoms. The Morgan fingerprint density at radius 2 is 2.08 bits per heavy atom. The molecule has 4 rings (SSSR count). The Labute approximate surface area is 148 Å². The van der Waals surface area contributed by atoms with Crippen LogP contribution in [0.4, 0.5) is 5.69 Å². The number of carbonyl (C=O) groups excluding carboxylic acids is 1. The second-order valence-corrected chi connectivity index (χ2v) is 6.44. The first-order chi connectivity index (χ1) is 12.3. The molecular weight excluding hydrogens is 334 g/mol. The molecule has 0 spiro atoms. The monoisotopic (exact) mass is 349 g/mol. The fourth-order valence-electron chi connectivity index (χ4n) is 2.51. The molecule has 1 aromatic carbocycles. The van der Waals surface area contributed by atoms with Gasteiger partial charge in [-0.05, 0) is 24.3 Å². The maximum absolute atomic E-state index is 12.5. The van der Waals surface area contributed by atoms with Crippen LogP contribution in [0.5, 0.6) is 0 Å². The van der Waals surface area contributed by atoms with Crippen LogP contribution in [0.2, 0.25) is 0 Å². The fraction of sp³-hybridized carbons (Fsp3) is 0.0556. The number of aromatic amines is 1. The van der Waals surface area contributed by atoms with Gasteiger partial charge in [0.2, 0.25) is 0 Å². The minimum atomic E-state index is -0.153. The first-order valence-corrected chi connectivity index (χ1v) is 8.73. The normalized spacial score (nSPS) is 10.9. The number of hydrogen-bond acceptors (Lipinski definition) is 4. The summed E-state index contributed by atoms with van der Waals surface area (Å²) in [4.78, 5) is 18.0. The Morgan fingerprint density at radius 3 is 2.92 bits per heavy atom. The summed E-state index contributed by atoms with van der Waals surface area (Å²) in [7, 11) is 0. The summed E-state index contributed by atoms with van der Waals surface area (Å²) in [5.41, 5.74) is 3.17. The molecule has 0 atom stereocenters. The minimum Gasteiger partial charge on any atom is -0.319 e. The van der Waals surface area contributed by atoms with Crippen LogP contribution in [0.25, 0.3) is 5.65 Å². The summed E-state index contributed by atoms with van der Waals surface area (Å²) in [6, 6.07) is 13.5.